The summed E-state index contributed by atoms with van der Waals surface area (Å²) in [6.45, 7) is 0. The molecule has 1 saturated carbocycles. The van der Waals surface area contributed by atoms with Gasteiger partial charge in [-0.1, -0.05) is 91.3 Å². The van der Waals surface area contributed by atoms with Gasteiger partial charge in [0.15, 0.2) is 0 Å². The molecule has 0 bridgehead atoms. The summed E-state index contributed by atoms with van der Waals surface area (Å²) >= 11 is 0. The lowest BCUT2D eigenvalue weighted by Gasteiger charge is -2.54. The van der Waals surface area contributed by atoms with Crippen LogP contribution in [0, 0.1) is 35.1 Å². The van der Waals surface area contributed by atoms with Gasteiger partial charge in [0.25, 0.3) is 5.79 Å². The molecule has 2 aliphatic heterocycles. The zero-order valence-corrected chi connectivity index (χ0v) is 29.9. The molecule has 6 aromatic carbocycles. The first-order valence-corrected chi connectivity index (χ1v) is 20.3. The van der Waals surface area contributed by atoms with E-state index in [4.69, 9.17) is 9.47 Å². The Hall–Kier alpha value is -4.50. The van der Waals surface area contributed by atoms with Crippen molar-refractivity contribution in [2.75, 3.05) is 0 Å². The van der Waals surface area contributed by atoms with Gasteiger partial charge in [0.2, 0.25) is 0 Å². The van der Waals surface area contributed by atoms with E-state index in [2.05, 4.69) is 36.4 Å². The molecular weight excluding hydrogens is 698 g/mol. The summed E-state index contributed by atoms with van der Waals surface area (Å²) in [6.07, 6.45) is 4.53. The van der Waals surface area contributed by atoms with E-state index in [1.54, 1.807) is 0 Å². The Bertz CT molecular complexity index is 1990. The second-order valence-corrected chi connectivity index (χ2v) is 18.1. The van der Waals surface area contributed by atoms with Gasteiger partial charge in [-0.2, -0.15) is 0 Å². The molecule has 2 atom stereocenters. The molecule has 6 aromatic rings. The molecule has 0 saturated heterocycles. The maximum atomic E-state index is 14.2. The second-order valence-electron chi connectivity index (χ2n) is 13.8. The molecule has 3 aliphatic rings. The molecule has 0 N–H and O–H groups in total. The van der Waals surface area contributed by atoms with Crippen LogP contribution < -0.4 is 41.3 Å². The topological polar surface area (TPSA) is 18.5 Å². The number of para-hydroxylation sites is 2. The summed E-state index contributed by atoms with van der Waals surface area (Å²) in [6, 6.07) is 38.8. The molecule has 9 rings (SSSR count). The Morgan fingerprint density at radius 2 is 0.769 bits per heavy atom. The zero-order valence-electron chi connectivity index (χ0n) is 28.1. The van der Waals surface area contributed by atoms with Crippen LogP contribution in [-0.4, -0.2) is 5.79 Å². The fourth-order valence-electron chi connectivity index (χ4n) is 8.31. The lowest BCUT2D eigenvalue weighted by molar-refractivity contribution is -0.225. The SMILES string of the molecule is Fc1ccc(P(c2ccc(F)cc2)c2cccc3c2OC24Oc5c(cccc5P(c5ccc(F)cc5)c5ccc(F)cc5)C[C@H]2CCC[C@@H]4C3)cc1. The van der Waals surface area contributed by atoms with E-state index in [1.807, 2.05) is 48.5 Å². The highest BCUT2D eigenvalue weighted by Gasteiger charge is 2.57. The number of hydrogen-bond acceptors (Lipinski definition) is 2. The molecule has 0 aromatic heterocycles. The van der Waals surface area contributed by atoms with E-state index < -0.39 is 21.6 Å². The maximum absolute atomic E-state index is 14.2. The van der Waals surface area contributed by atoms with E-state index >= 15 is 0 Å². The molecule has 1 fully saturated rings. The van der Waals surface area contributed by atoms with E-state index in [0.717, 1.165) is 86.6 Å². The monoisotopic (exact) mass is 732 g/mol. The molecule has 0 radical (unpaired) electrons. The molecule has 1 aliphatic carbocycles. The molecule has 0 unspecified atom stereocenters. The fraction of sp³-hybridized carbons (Fsp3) is 0.182. The summed E-state index contributed by atoms with van der Waals surface area (Å²) in [5, 5.41) is 5.68. The van der Waals surface area contributed by atoms with Crippen LogP contribution in [0.5, 0.6) is 11.5 Å². The van der Waals surface area contributed by atoms with Crippen molar-refractivity contribution in [2.24, 2.45) is 11.8 Å². The number of halogens is 4. The number of ether oxygens (including phenoxy) is 2. The molecule has 2 nitrogen and oxygen atoms in total. The number of rotatable bonds is 6. The minimum absolute atomic E-state index is 0.0981. The summed E-state index contributed by atoms with van der Waals surface area (Å²) in [4.78, 5) is 0. The predicted molar refractivity (Wildman–Crippen MR) is 202 cm³/mol. The van der Waals surface area contributed by atoms with E-state index in [-0.39, 0.29) is 35.1 Å². The van der Waals surface area contributed by atoms with Crippen LogP contribution in [0.2, 0.25) is 0 Å². The van der Waals surface area contributed by atoms with Crippen molar-refractivity contribution >= 4 is 47.7 Å². The van der Waals surface area contributed by atoms with Crippen LogP contribution in [-0.2, 0) is 12.8 Å². The third-order valence-electron chi connectivity index (χ3n) is 10.7. The minimum atomic E-state index is -1.25. The number of fused-ring (bicyclic) bond motifs is 2. The minimum Gasteiger partial charge on any atom is -0.451 e. The van der Waals surface area contributed by atoms with Crippen molar-refractivity contribution in [1.82, 2.24) is 0 Å². The first-order valence-electron chi connectivity index (χ1n) is 17.6. The maximum Gasteiger partial charge on any atom is 0.257 e. The summed E-state index contributed by atoms with van der Waals surface area (Å²) < 4.78 is 71.6. The van der Waals surface area contributed by atoms with Crippen LogP contribution in [0.3, 0.4) is 0 Å². The average Bonchev–Trinajstić information content (AvgIpc) is 3.16. The largest absolute Gasteiger partial charge is 0.451 e. The number of benzene rings is 6. The van der Waals surface area contributed by atoms with Gasteiger partial charge in [0, 0.05) is 22.4 Å². The summed E-state index contributed by atoms with van der Waals surface area (Å²) in [5.41, 5.74) is 2.21. The Kier molecular flexibility index (Phi) is 8.65. The van der Waals surface area contributed by atoms with Gasteiger partial charge in [0.1, 0.15) is 34.8 Å². The standard InChI is InChI=1S/C44H34F4O2P2/c45-32-10-18-36(19-11-32)51(37-20-12-33(46)13-21-37)40-8-1-4-28-26-30-6-3-7-31-27-29-5-2-9-41(43(29)50-44(30,31)49-42(28)40)52(38-22-14-34(47)15-23-38)39-24-16-35(48)17-25-39/h1-2,4-5,8-25,30-31H,3,6-7,26-27H2/t30-,31-,44?/m1/s1. The normalized spacial score (nSPS) is 20.3. The molecule has 52 heavy (non-hydrogen) atoms. The van der Waals surface area contributed by atoms with Crippen LogP contribution in [0.25, 0.3) is 0 Å². The van der Waals surface area contributed by atoms with Gasteiger partial charge in [-0.15, -0.1) is 0 Å². The first-order chi connectivity index (χ1) is 25.4. The van der Waals surface area contributed by atoms with Crippen LogP contribution in [0.4, 0.5) is 17.6 Å². The second kappa shape index (κ2) is 13.5. The van der Waals surface area contributed by atoms with E-state index in [1.165, 1.54) is 48.5 Å². The molecule has 2 heterocycles. The lowest BCUT2D eigenvalue weighted by atomic mass is 9.68. The molecule has 0 amide bonds. The summed E-state index contributed by atoms with van der Waals surface area (Å²) in [5.74, 6) is -0.448. The molecular formula is C44H34F4O2P2. The van der Waals surface area contributed by atoms with Crippen molar-refractivity contribution in [3.05, 3.63) is 168 Å². The average molecular weight is 733 g/mol. The van der Waals surface area contributed by atoms with Crippen LogP contribution in [0.15, 0.2) is 133 Å². The van der Waals surface area contributed by atoms with Gasteiger partial charge in [-0.3, -0.25) is 0 Å². The summed E-state index contributed by atoms with van der Waals surface area (Å²) in [7, 11) is -2.49. The zero-order chi connectivity index (χ0) is 35.4. The Morgan fingerprint density at radius 1 is 0.442 bits per heavy atom. The Labute approximate surface area is 303 Å². The molecule has 260 valence electrons. The van der Waals surface area contributed by atoms with Crippen molar-refractivity contribution in [3.63, 3.8) is 0 Å². The van der Waals surface area contributed by atoms with Crippen molar-refractivity contribution < 1.29 is 27.0 Å². The molecule has 8 heteroatoms. The highest BCUT2D eigenvalue weighted by molar-refractivity contribution is 7.80. The highest BCUT2D eigenvalue weighted by Crippen LogP contribution is 2.55. The van der Waals surface area contributed by atoms with Crippen LogP contribution >= 0.6 is 15.8 Å². The van der Waals surface area contributed by atoms with Gasteiger partial charge >= 0.3 is 0 Å². The van der Waals surface area contributed by atoms with Crippen LogP contribution in [0.1, 0.15) is 30.4 Å². The Morgan fingerprint density at radius 3 is 1.10 bits per heavy atom. The van der Waals surface area contributed by atoms with Gasteiger partial charge in [-0.05, 0) is 122 Å². The van der Waals surface area contributed by atoms with Gasteiger partial charge in [-0.25, -0.2) is 17.6 Å². The van der Waals surface area contributed by atoms with Gasteiger partial charge < -0.3 is 9.47 Å². The third kappa shape index (κ3) is 5.91. The lowest BCUT2D eigenvalue weighted by Crippen LogP contribution is -2.62. The predicted octanol–water partition coefficient (Wildman–Crippen LogP) is 8.44. The number of hydrogen-bond donors (Lipinski definition) is 0. The Balaban J connectivity index is 1.18. The third-order valence-corrected chi connectivity index (χ3v) is 15.6. The van der Waals surface area contributed by atoms with E-state index in [9.17, 15) is 17.6 Å². The van der Waals surface area contributed by atoms with Crippen molar-refractivity contribution in [1.29, 1.82) is 0 Å². The smallest absolute Gasteiger partial charge is 0.257 e. The highest BCUT2D eigenvalue weighted by atomic mass is 31.1. The van der Waals surface area contributed by atoms with Crippen molar-refractivity contribution in [2.45, 2.75) is 37.9 Å². The fourth-order valence-corrected chi connectivity index (χ4v) is 13.1. The first kappa shape index (κ1) is 33.3. The van der Waals surface area contributed by atoms with Gasteiger partial charge in [0.05, 0.1) is 0 Å². The molecule has 1 spiro atoms. The van der Waals surface area contributed by atoms with Crippen molar-refractivity contribution in [3.8, 4) is 11.5 Å². The quantitative estimate of drug-likeness (QED) is 0.127. The van der Waals surface area contributed by atoms with E-state index in [0.29, 0.717) is 0 Å².